The van der Waals surface area contributed by atoms with Crippen LogP contribution in [-0.2, 0) is 29.1 Å². The summed E-state index contributed by atoms with van der Waals surface area (Å²) >= 11 is 1.09. The number of oxime groups is 1. The van der Waals surface area contributed by atoms with Crippen molar-refractivity contribution >= 4 is 55.9 Å². The van der Waals surface area contributed by atoms with Gasteiger partial charge < -0.3 is 25.9 Å². The molecule has 1 aromatic heterocycles. The molecular weight excluding hydrogens is 616 g/mol. The summed E-state index contributed by atoms with van der Waals surface area (Å²) in [6.07, 6.45) is 0.485. The van der Waals surface area contributed by atoms with Gasteiger partial charge >= 0.3 is 10.4 Å². The lowest BCUT2D eigenvalue weighted by Crippen LogP contribution is -2.68. The first kappa shape index (κ1) is 32.8. The van der Waals surface area contributed by atoms with E-state index in [1.54, 1.807) is 31.2 Å². The fourth-order valence-electron chi connectivity index (χ4n) is 4.74. The minimum absolute atomic E-state index is 0.0316. The number of aliphatic imine (C=N–C) groups is 1. The number of hydrogen-bond donors (Lipinski definition) is 4. The average molecular weight is 651 g/mol. The van der Waals surface area contributed by atoms with Crippen LogP contribution in [-0.4, -0.2) is 94.9 Å². The first-order chi connectivity index (χ1) is 20.7. The molecule has 2 aromatic rings. The van der Waals surface area contributed by atoms with Gasteiger partial charge in [0, 0.05) is 30.5 Å². The summed E-state index contributed by atoms with van der Waals surface area (Å²) in [5, 5.41) is 13.9. The molecule has 238 valence electrons. The minimum Gasteiger partial charge on any atom is -0.490 e. The molecule has 1 amide bonds. The number of anilines is 1. The Hall–Kier alpha value is -4.13. The number of thiazole rings is 1. The molecular formula is C26H34N8O8S2. The van der Waals surface area contributed by atoms with Crippen molar-refractivity contribution < 1.29 is 36.4 Å². The number of carbonyl (C=O) groups is 2. The number of nitrogen functional groups attached to an aromatic ring is 1. The first-order valence-corrected chi connectivity index (χ1v) is 15.7. The van der Waals surface area contributed by atoms with Crippen LogP contribution in [0.2, 0.25) is 0 Å². The fourth-order valence-corrected chi connectivity index (χ4v) is 5.74. The molecule has 2 aliphatic rings. The van der Waals surface area contributed by atoms with Gasteiger partial charge in [0.25, 0.3) is 5.91 Å². The van der Waals surface area contributed by atoms with Crippen LogP contribution >= 0.6 is 11.3 Å². The molecule has 3 heterocycles. The Balaban J connectivity index is 1.31. The van der Waals surface area contributed by atoms with Gasteiger partial charge in [0.15, 0.2) is 23.2 Å². The van der Waals surface area contributed by atoms with E-state index in [2.05, 4.69) is 19.4 Å². The summed E-state index contributed by atoms with van der Waals surface area (Å²) in [6.45, 7) is 6.24. The highest BCUT2D eigenvalue weighted by molar-refractivity contribution is 7.80. The Morgan fingerprint density at radius 1 is 1.27 bits per heavy atom. The normalized spacial score (nSPS) is 20.4. The van der Waals surface area contributed by atoms with Crippen LogP contribution in [0, 0.1) is 11.3 Å². The number of amides is 1. The zero-order valence-electron chi connectivity index (χ0n) is 24.3. The SMILES string of the molecule is CC(=N)N1CC[C@H](N=C(N)c2ccc(OCCO/N=C(\C(=O)CC3C(=O)N(OS(=O)(=O)O)C3(C)C)c3csc(N)n3)cc2)C1. The highest BCUT2D eigenvalue weighted by atomic mass is 32.3. The number of ketones is 1. The molecule has 1 unspecified atom stereocenters. The van der Waals surface area contributed by atoms with Gasteiger partial charge in [-0.25, -0.2) is 4.98 Å². The second-order valence-electron chi connectivity index (χ2n) is 10.7. The third-order valence-corrected chi connectivity index (χ3v) is 8.18. The van der Waals surface area contributed by atoms with Crippen LogP contribution < -0.4 is 16.2 Å². The number of carbonyl (C=O) groups excluding carboxylic acids is 2. The van der Waals surface area contributed by atoms with Crippen molar-refractivity contribution in [2.45, 2.75) is 45.2 Å². The number of hydroxylamine groups is 2. The smallest absolute Gasteiger partial charge is 0.418 e. The van der Waals surface area contributed by atoms with Gasteiger partial charge in [-0.2, -0.15) is 13.5 Å². The fraction of sp³-hybridized carbons (Fsp3) is 0.462. The van der Waals surface area contributed by atoms with Crippen LogP contribution in [0.25, 0.3) is 0 Å². The summed E-state index contributed by atoms with van der Waals surface area (Å²) in [4.78, 5) is 41.6. The number of rotatable bonds is 13. The number of Topliss-reactive ketones (excluding diaryl/α,β-unsaturated/α-hetero) is 1. The lowest BCUT2D eigenvalue weighted by atomic mass is 9.74. The summed E-state index contributed by atoms with van der Waals surface area (Å²) in [5.41, 5.74) is 11.4. The summed E-state index contributed by atoms with van der Waals surface area (Å²) in [6, 6.07) is 7.09. The van der Waals surface area contributed by atoms with Crippen molar-refractivity contribution in [1.29, 1.82) is 5.41 Å². The largest absolute Gasteiger partial charge is 0.490 e. The second-order valence-corrected chi connectivity index (χ2v) is 12.6. The molecule has 0 aliphatic carbocycles. The number of benzene rings is 1. The number of aromatic nitrogens is 1. The molecule has 0 bridgehead atoms. The van der Waals surface area contributed by atoms with E-state index in [9.17, 15) is 18.0 Å². The Labute approximate surface area is 258 Å². The maximum absolute atomic E-state index is 13.2. The van der Waals surface area contributed by atoms with Gasteiger partial charge in [0.2, 0.25) is 0 Å². The van der Waals surface area contributed by atoms with E-state index in [1.165, 1.54) is 19.2 Å². The van der Waals surface area contributed by atoms with Crippen LogP contribution in [0.15, 0.2) is 39.8 Å². The molecule has 0 saturated carbocycles. The van der Waals surface area contributed by atoms with Gasteiger partial charge in [-0.15, -0.1) is 15.6 Å². The number of amidine groups is 2. The minimum atomic E-state index is -4.93. The summed E-state index contributed by atoms with van der Waals surface area (Å²) in [7, 11) is -4.93. The molecule has 2 aliphatic heterocycles. The lowest BCUT2D eigenvalue weighted by Gasteiger charge is -2.50. The number of hydrogen-bond acceptors (Lipinski definition) is 13. The predicted molar refractivity (Wildman–Crippen MR) is 162 cm³/mol. The van der Waals surface area contributed by atoms with Gasteiger partial charge in [-0.05, 0) is 51.5 Å². The summed E-state index contributed by atoms with van der Waals surface area (Å²) < 4.78 is 41.1. The Morgan fingerprint density at radius 2 is 1.98 bits per heavy atom. The van der Waals surface area contributed by atoms with Crippen LogP contribution in [0.4, 0.5) is 5.13 Å². The summed E-state index contributed by atoms with van der Waals surface area (Å²) in [5.74, 6) is -0.870. The standard InChI is InChI=1S/C26H34N8O8S2/c1-15(27)33-9-8-17(13-33)30-23(28)16-4-6-18(7-5-16)40-10-11-41-32-22(20-14-43-25(29)31-20)21(35)12-19-24(36)34(26(19,2)3)42-44(37,38)39/h4-7,14,17,19,27H,8-13H2,1-3H3,(H2,28,30)(H2,29,31)(H,37,38,39)/b27-15?,32-22-/t17-,19?/m0/s1. The van der Waals surface area contributed by atoms with Crippen molar-refractivity contribution in [2.24, 2.45) is 21.8 Å². The molecule has 2 saturated heterocycles. The van der Waals surface area contributed by atoms with E-state index in [4.69, 9.17) is 31.0 Å². The molecule has 0 spiro atoms. The van der Waals surface area contributed by atoms with Gasteiger partial charge in [0.1, 0.15) is 23.9 Å². The quantitative estimate of drug-likeness (QED) is 0.0598. The second kappa shape index (κ2) is 13.2. The zero-order chi connectivity index (χ0) is 32.2. The number of nitrogens with zero attached hydrogens (tertiary/aromatic N) is 5. The number of ether oxygens (including phenoxy) is 1. The van der Waals surface area contributed by atoms with Crippen molar-refractivity contribution in [1.82, 2.24) is 14.9 Å². The molecule has 16 nitrogen and oxygen atoms in total. The van der Waals surface area contributed by atoms with Crippen molar-refractivity contribution in [3.8, 4) is 5.75 Å². The van der Waals surface area contributed by atoms with Gasteiger partial charge in [0.05, 0.1) is 23.3 Å². The van der Waals surface area contributed by atoms with Crippen LogP contribution in [0.5, 0.6) is 5.75 Å². The van der Waals surface area contributed by atoms with Crippen molar-refractivity contribution in [3.63, 3.8) is 0 Å². The van der Waals surface area contributed by atoms with Crippen LogP contribution in [0.3, 0.4) is 0 Å². The van der Waals surface area contributed by atoms with E-state index in [0.29, 0.717) is 29.0 Å². The molecule has 18 heteroatoms. The van der Waals surface area contributed by atoms with E-state index in [0.717, 1.165) is 29.9 Å². The molecule has 0 radical (unpaired) electrons. The van der Waals surface area contributed by atoms with Gasteiger partial charge in [-0.1, -0.05) is 5.16 Å². The van der Waals surface area contributed by atoms with Gasteiger partial charge in [-0.3, -0.25) is 24.5 Å². The topological polar surface area (TPSA) is 236 Å². The molecule has 44 heavy (non-hydrogen) atoms. The maximum atomic E-state index is 13.2. The predicted octanol–water partition coefficient (Wildman–Crippen LogP) is 1.23. The lowest BCUT2D eigenvalue weighted by molar-refractivity contribution is -0.228. The van der Waals surface area contributed by atoms with E-state index in [-0.39, 0.29) is 42.2 Å². The zero-order valence-corrected chi connectivity index (χ0v) is 25.9. The van der Waals surface area contributed by atoms with Crippen LogP contribution in [0.1, 0.15) is 44.9 Å². The number of likely N-dealkylation sites (tertiary alicyclic amines) is 1. The van der Waals surface area contributed by atoms with E-state index >= 15 is 0 Å². The first-order valence-electron chi connectivity index (χ1n) is 13.5. The number of nitrogens with two attached hydrogens (primary N) is 2. The Kier molecular flexibility index (Phi) is 9.87. The highest BCUT2D eigenvalue weighted by Gasteiger charge is 2.57. The molecule has 1 aromatic carbocycles. The molecule has 4 rings (SSSR count). The number of β-lactam (4-membered cyclic amide) rings is 1. The Bertz CT molecular complexity index is 1570. The Morgan fingerprint density at radius 3 is 2.55 bits per heavy atom. The third kappa shape index (κ3) is 7.87. The molecule has 2 fully saturated rings. The highest BCUT2D eigenvalue weighted by Crippen LogP contribution is 2.40. The third-order valence-electron chi connectivity index (χ3n) is 7.17. The maximum Gasteiger partial charge on any atom is 0.418 e. The molecule has 2 atom stereocenters. The number of nitrogens with one attached hydrogen (secondary N) is 1. The van der Waals surface area contributed by atoms with Crippen molar-refractivity contribution in [2.75, 3.05) is 32.0 Å². The average Bonchev–Trinajstić information content (AvgIpc) is 3.61. The van der Waals surface area contributed by atoms with E-state index < -0.39 is 33.5 Å². The van der Waals surface area contributed by atoms with E-state index in [1.807, 2.05) is 4.90 Å². The van der Waals surface area contributed by atoms with Crippen molar-refractivity contribution in [3.05, 3.63) is 40.9 Å². The molecule has 6 N–H and O–H groups in total. The monoisotopic (exact) mass is 650 g/mol.